The van der Waals surface area contributed by atoms with Gasteiger partial charge in [-0.25, -0.2) is 0 Å². The van der Waals surface area contributed by atoms with Gasteiger partial charge in [-0.3, -0.25) is 0 Å². The average Bonchev–Trinajstić information content (AvgIpc) is 3.03. The van der Waals surface area contributed by atoms with E-state index in [1.807, 2.05) is 6.07 Å². The lowest BCUT2D eigenvalue weighted by Gasteiger charge is -2.33. The average molecular weight is 406 g/mol. The number of benzene rings is 1. The lowest BCUT2D eigenvalue weighted by atomic mass is 9.94. The van der Waals surface area contributed by atoms with Gasteiger partial charge in [0.1, 0.15) is 5.75 Å². The van der Waals surface area contributed by atoms with Crippen LogP contribution >= 0.6 is 28.3 Å². The predicted octanol–water partition coefficient (Wildman–Crippen LogP) is 3.13. The van der Waals surface area contributed by atoms with Crippen molar-refractivity contribution >= 4 is 28.3 Å². The van der Waals surface area contributed by atoms with Crippen molar-refractivity contribution in [2.24, 2.45) is 5.92 Å². The summed E-state index contributed by atoms with van der Waals surface area (Å²) in [5, 5.41) is 7.38. The standard InChI is InChI=1S/C17H25BrN2O2.ClH/c1-21-13-5-6-15(18)12(9-13)10-20-16-4-2-3-14(16)17-11-22-8-7-19-17;/h5-6,9,14,16-17,19-20H,2-4,7-8,10-11H2,1H3;1H. The molecule has 1 aliphatic heterocycles. The van der Waals surface area contributed by atoms with Gasteiger partial charge in [0.15, 0.2) is 0 Å². The zero-order chi connectivity index (χ0) is 15.4. The molecule has 130 valence electrons. The molecule has 1 aromatic carbocycles. The van der Waals surface area contributed by atoms with Gasteiger partial charge in [0.05, 0.1) is 20.3 Å². The number of morpholine rings is 1. The molecule has 1 aromatic rings. The van der Waals surface area contributed by atoms with Crippen LogP contribution in [0.5, 0.6) is 5.75 Å². The molecule has 0 amide bonds. The van der Waals surface area contributed by atoms with E-state index in [9.17, 15) is 0 Å². The summed E-state index contributed by atoms with van der Waals surface area (Å²) in [4.78, 5) is 0. The molecule has 4 nitrogen and oxygen atoms in total. The lowest BCUT2D eigenvalue weighted by molar-refractivity contribution is 0.0524. The molecule has 3 atom stereocenters. The van der Waals surface area contributed by atoms with Gasteiger partial charge in [0.2, 0.25) is 0 Å². The van der Waals surface area contributed by atoms with Gasteiger partial charge in [-0.05, 0) is 42.5 Å². The molecular weight excluding hydrogens is 380 g/mol. The van der Waals surface area contributed by atoms with Crippen LogP contribution < -0.4 is 15.4 Å². The molecule has 6 heteroatoms. The van der Waals surface area contributed by atoms with Crippen LogP contribution in [0.3, 0.4) is 0 Å². The first-order valence-electron chi connectivity index (χ1n) is 8.15. The summed E-state index contributed by atoms with van der Waals surface area (Å²) in [7, 11) is 1.71. The smallest absolute Gasteiger partial charge is 0.119 e. The van der Waals surface area contributed by atoms with Crippen LogP contribution in [-0.2, 0) is 11.3 Å². The van der Waals surface area contributed by atoms with Crippen molar-refractivity contribution in [3.05, 3.63) is 28.2 Å². The highest BCUT2D eigenvalue weighted by molar-refractivity contribution is 9.10. The van der Waals surface area contributed by atoms with E-state index in [0.29, 0.717) is 18.0 Å². The first-order chi connectivity index (χ1) is 10.8. The van der Waals surface area contributed by atoms with Crippen LogP contribution in [0, 0.1) is 5.92 Å². The second kappa shape index (κ2) is 9.23. The molecular formula is C17H26BrClN2O2. The molecule has 1 saturated heterocycles. The molecule has 2 aliphatic rings. The molecule has 3 rings (SSSR count). The van der Waals surface area contributed by atoms with E-state index < -0.39 is 0 Å². The summed E-state index contributed by atoms with van der Waals surface area (Å²) >= 11 is 3.63. The Labute approximate surface area is 153 Å². The fraction of sp³-hybridized carbons (Fsp3) is 0.647. The molecule has 2 N–H and O–H groups in total. The molecule has 0 aromatic heterocycles. The van der Waals surface area contributed by atoms with Crippen LogP contribution in [0.2, 0.25) is 0 Å². The Morgan fingerprint density at radius 1 is 1.39 bits per heavy atom. The summed E-state index contributed by atoms with van der Waals surface area (Å²) < 4.78 is 12.1. The number of rotatable bonds is 5. The van der Waals surface area contributed by atoms with Crippen LogP contribution in [0.4, 0.5) is 0 Å². The molecule has 1 heterocycles. The quantitative estimate of drug-likeness (QED) is 0.790. The van der Waals surface area contributed by atoms with Gasteiger partial charge in [0, 0.05) is 29.6 Å². The zero-order valence-corrected chi connectivity index (χ0v) is 15.9. The minimum atomic E-state index is 0. The van der Waals surface area contributed by atoms with Gasteiger partial charge in [0.25, 0.3) is 0 Å². The third-order valence-electron chi connectivity index (χ3n) is 4.84. The van der Waals surface area contributed by atoms with E-state index in [1.54, 1.807) is 7.11 Å². The Balaban J connectivity index is 0.00000192. The highest BCUT2D eigenvalue weighted by atomic mass is 79.9. The van der Waals surface area contributed by atoms with Crippen molar-refractivity contribution in [1.82, 2.24) is 10.6 Å². The van der Waals surface area contributed by atoms with E-state index in [-0.39, 0.29) is 12.4 Å². The minimum absolute atomic E-state index is 0. The van der Waals surface area contributed by atoms with Gasteiger partial charge in [-0.2, -0.15) is 0 Å². The maximum absolute atomic E-state index is 5.64. The summed E-state index contributed by atoms with van der Waals surface area (Å²) in [5.41, 5.74) is 1.25. The van der Waals surface area contributed by atoms with Gasteiger partial charge in [-0.15, -0.1) is 12.4 Å². The second-order valence-electron chi connectivity index (χ2n) is 6.18. The molecule has 3 unspecified atom stereocenters. The topological polar surface area (TPSA) is 42.5 Å². The first kappa shape index (κ1) is 19.0. The van der Waals surface area contributed by atoms with E-state index in [1.165, 1.54) is 24.8 Å². The van der Waals surface area contributed by atoms with Crippen molar-refractivity contribution in [3.63, 3.8) is 0 Å². The molecule has 1 aliphatic carbocycles. The maximum atomic E-state index is 5.64. The fourth-order valence-electron chi connectivity index (χ4n) is 3.64. The Morgan fingerprint density at radius 2 is 2.26 bits per heavy atom. The van der Waals surface area contributed by atoms with Crippen LogP contribution in [-0.4, -0.2) is 39.0 Å². The first-order valence-corrected chi connectivity index (χ1v) is 8.94. The van der Waals surface area contributed by atoms with Crippen molar-refractivity contribution in [1.29, 1.82) is 0 Å². The van der Waals surface area contributed by atoms with Crippen LogP contribution in [0.1, 0.15) is 24.8 Å². The monoisotopic (exact) mass is 404 g/mol. The van der Waals surface area contributed by atoms with Gasteiger partial charge < -0.3 is 20.1 Å². The summed E-state index contributed by atoms with van der Waals surface area (Å²) in [6.45, 7) is 3.55. The highest BCUT2D eigenvalue weighted by Gasteiger charge is 2.34. The molecule has 0 bridgehead atoms. The molecule has 0 radical (unpaired) electrons. The third-order valence-corrected chi connectivity index (χ3v) is 5.62. The summed E-state index contributed by atoms with van der Waals surface area (Å²) in [6, 6.07) is 7.20. The van der Waals surface area contributed by atoms with Crippen molar-refractivity contribution in [3.8, 4) is 5.75 Å². The SMILES string of the molecule is COc1ccc(Br)c(CNC2CCCC2C2COCCN2)c1.Cl. The van der Waals surface area contributed by atoms with Crippen LogP contribution in [0.25, 0.3) is 0 Å². The Morgan fingerprint density at radius 3 is 3.00 bits per heavy atom. The molecule has 0 spiro atoms. The van der Waals surface area contributed by atoms with E-state index in [4.69, 9.17) is 9.47 Å². The molecule has 2 fully saturated rings. The second-order valence-corrected chi connectivity index (χ2v) is 7.03. The van der Waals surface area contributed by atoms with Crippen LogP contribution in [0.15, 0.2) is 22.7 Å². The molecule has 1 saturated carbocycles. The van der Waals surface area contributed by atoms with E-state index in [0.717, 1.165) is 36.5 Å². The predicted molar refractivity (Wildman–Crippen MR) is 98.5 cm³/mol. The zero-order valence-electron chi connectivity index (χ0n) is 13.5. The number of halogens is 2. The minimum Gasteiger partial charge on any atom is -0.497 e. The fourth-order valence-corrected chi connectivity index (χ4v) is 4.03. The molecule has 23 heavy (non-hydrogen) atoms. The number of methoxy groups -OCH3 is 1. The number of hydrogen-bond donors (Lipinski definition) is 2. The largest absolute Gasteiger partial charge is 0.497 e. The van der Waals surface area contributed by atoms with Crippen molar-refractivity contribution in [2.75, 3.05) is 26.9 Å². The Hall–Kier alpha value is -0.330. The number of nitrogens with one attached hydrogen (secondary N) is 2. The third kappa shape index (κ3) is 4.83. The Kier molecular flexibility index (Phi) is 7.63. The van der Waals surface area contributed by atoms with E-state index in [2.05, 4.69) is 38.7 Å². The lowest BCUT2D eigenvalue weighted by Crippen LogP contribution is -2.50. The Bertz CT molecular complexity index is 497. The van der Waals surface area contributed by atoms with E-state index >= 15 is 0 Å². The maximum Gasteiger partial charge on any atom is 0.119 e. The van der Waals surface area contributed by atoms with Gasteiger partial charge in [-0.1, -0.05) is 22.4 Å². The van der Waals surface area contributed by atoms with Gasteiger partial charge >= 0.3 is 0 Å². The number of hydrogen-bond acceptors (Lipinski definition) is 4. The summed E-state index contributed by atoms with van der Waals surface area (Å²) in [5.74, 6) is 1.58. The van der Waals surface area contributed by atoms with Crippen molar-refractivity contribution in [2.45, 2.75) is 37.9 Å². The normalized spacial score (nSPS) is 27.5. The highest BCUT2D eigenvalue weighted by Crippen LogP contribution is 2.30. The van der Waals surface area contributed by atoms with Crippen molar-refractivity contribution < 1.29 is 9.47 Å². The number of ether oxygens (including phenoxy) is 2. The summed E-state index contributed by atoms with van der Waals surface area (Å²) in [6.07, 6.45) is 3.85.